The summed E-state index contributed by atoms with van der Waals surface area (Å²) < 4.78 is 7.01. The van der Waals surface area contributed by atoms with Crippen LogP contribution in [0.4, 0.5) is 0 Å². The van der Waals surface area contributed by atoms with Crippen LogP contribution < -0.4 is 11.1 Å². The first-order valence-corrected chi connectivity index (χ1v) is 10.8. The average Bonchev–Trinajstić information content (AvgIpc) is 3.09. The minimum absolute atomic E-state index is 0.142. The van der Waals surface area contributed by atoms with E-state index in [0.717, 1.165) is 50.8 Å². The van der Waals surface area contributed by atoms with Gasteiger partial charge in [0.05, 0.1) is 5.52 Å². The molecular formula is C24H29N3O3. The maximum absolute atomic E-state index is 12.2. The van der Waals surface area contributed by atoms with Crippen molar-refractivity contribution in [2.45, 2.75) is 44.7 Å². The van der Waals surface area contributed by atoms with Crippen LogP contribution in [0.15, 0.2) is 63.8 Å². The van der Waals surface area contributed by atoms with E-state index in [1.165, 1.54) is 5.56 Å². The van der Waals surface area contributed by atoms with E-state index in [-0.39, 0.29) is 17.7 Å². The molecule has 0 atom stereocenters. The molecule has 1 aromatic heterocycles. The lowest BCUT2D eigenvalue weighted by Gasteiger charge is -2.32. The summed E-state index contributed by atoms with van der Waals surface area (Å²) in [5.41, 5.74) is 2.71. The lowest BCUT2D eigenvalue weighted by Crippen LogP contribution is -2.45. The van der Waals surface area contributed by atoms with E-state index in [4.69, 9.17) is 4.42 Å². The molecule has 0 radical (unpaired) electrons. The van der Waals surface area contributed by atoms with Crippen molar-refractivity contribution in [1.82, 2.24) is 14.8 Å². The van der Waals surface area contributed by atoms with Gasteiger partial charge in [0.2, 0.25) is 5.91 Å². The summed E-state index contributed by atoms with van der Waals surface area (Å²) in [6.07, 6.45) is 4.18. The maximum atomic E-state index is 12.2. The van der Waals surface area contributed by atoms with Crippen molar-refractivity contribution in [3.05, 3.63) is 70.7 Å². The van der Waals surface area contributed by atoms with Crippen LogP contribution in [0.1, 0.15) is 31.2 Å². The van der Waals surface area contributed by atoms with Crippen LogP contribution in [-0.2, 0) is 17.8 Å². The van der Waals surface area contributed by atoms with Crippen molar-refractivity contribution >= 4 is 17.0 Å². The smallest absolute Gasteiger partial charge is 0.408 e. The summed E-state index contributed by atoms with van der Waals surface area (Å²) >= 11 is 0. The van der Waals surface area contributed by atoms with Crippen LogP contribution in [0.25, 0.3) is 11.1 Å². The molecule has 1 amide bonds. The summed E-state index contributed by atoms with van der Waals surface area (Å²) in [6, 6.07) is 17.9. The number of para-hydroxylation sites is 2. The molecule has 3 aromatic rings. The molecule has 1 fully saturated rings. The molecule has 30 heavy (non-hydrogen) atoms. The van der Waals surface area contributed by atoms with E-state index in [1.54, 1.807) is 4.57 Å². The first-order valence-electron chi connectivity index (χ1n) is 10.8. The Balaban J connectivity index is 1.16. The number of aryl methyl sites for hydroxylation is 2. The molecule has 2 aromatic carbocycles. The highest BCUT2D eigenvalue weighted by molar-refractivity contribution is 5.76. The fraction of sp³-hybridized carbons (Fsp3) is 0.417. The summed E-state index contributed by atoms with van der Waals surface area (Å²) in [5, 5.41) is 3.19. The third-order valence-electron chi connectivity index (χ3n) is 5.87. The number of fused-ring (bicyclic) bond motifs is 1. The first-order chi connectivity index (χ1) is 14.7. The Kier molecular flexibility index (Phi) is 6.64. The Bertz CT molecular complexity index is 1020. The molecule has 1 N–H and O–H groups in total. The van der Waals surface area contributed by atoms with Crippen LogP contribution >= 0.6 is 0 Å². The average molecular weight is 408 g/mol. The predicted octanol–water partition coefficient (Wildman–Crippen LogP) is 3.20. The molecule has 1 saturated heterocycles. The predicted molar refractivity (Wildman–Crippen MR) is 117 cm³/mol. The van der Waals surface area contributed by atoms with Crippen molar-refractivity contribution in [3.8, 4) is 0 Å². The fourth-order valence-corrected chi connectivity index (χ4v) is 4.18. The van der Waals surface area contributed by atoms with Crippen molar-refractivity contribution in [1.29, 1.82) is 0 Å². The number of aromatic nitrogens is 1. The van der Waals surface area contributed by atoms with Crippen molar-refractivity contribution in [3.63, 3.8) is 0 Å². The number of benzene rings is 2. The number of hydrogen-bond donors (Lipinski definition) is 1. The van der Waals surface area contributed by atoms with Crippen LogP contribution in [0.5, 0.6) is 0 Å². The highest BCUT2D eigenvalue weighted by Gasteiger charge is 2.20. The molecule has 6 heteroatoms. The molecule has 1 aliphatic heterocycles. The summed E-state index contributed by atoms with van der Waals surface area (Å²) in [5.74, 6) is -0.142. The van der Waals surface area contributed by atoms with E-state index < -0.39 is 0 Å². The van der Waals surface area contributed by atoms with E-state index in [0.29, 0.717) is 18.5 Å². The zero-order valence-corrected chi connectivity index (χ0v) is 17.3. The van der Waals surface area contributed by atoms with E-state index >= 15 is 0 Å². The van der Waals surface area contributed by atoms with E-state index in [9.17, 15) is 9.59 Å². The number of nitrogens with one attached hydrogen (secondary N) is 1. The normalized spacial score (nSPS) is 15.5. The Morgan fingerprint density at radius 2 is 1.73 bits per heavy atom. The molecule has 0 bridgehead atoms. The number of rotatable bonds is 8. The Labute approximate surface area is 176 Å². The van der Waals surface area contributed by atoms with Crippen molar-refractivity contribution in [2.24, 2.45) is 0 Å². The number of carbonyl (C=O) groups excluding carboxylic acids is 1. The Hall–Kier alpha value is -2.86. The van der Waals surface area contributed by atoms with Gasteiger partial charge in [-0.3, -0.25) is 9.36 Å². The van der Waals surface area contributed by atoms with Gasteiger partial charge < -0.3 is 14.6 Å². The third kappa shape index (κ3) is 5.19. The quantitative estimate of drug-likeness (QED) is 0.623. The molecule has 0 aliphatic carbocycles. The molecule has 0 unspecified atom stereocenters. The molecule has 158 valence electrons. The van der Waals surface area contributed by atoms with Gasteiger partial charge in [-0.15, -0.1) is 0 Å². The summed E-state index contributed by atoms with van der Waals surface area (Å²) in [4.78, 5) is 26.7. The Morgan fingerprint density at radius 3 is 2.53 bits per heavy atom. The number of amides is 1. The number of carbonyl (C=O) groups is 1. The van der Waals surface area contributed by atoms with Crippen LogP contribution in [0, 0.1) is 0 Å². The highest BCUT2D eigenvalue weighted by atomic mass is 16.4. The van der Waals surface area contributed by atoms with Crippen molar-refractivity contribution in [2.75, 3.05) is 19.6 Å². The lowest BCUT2D eigenvalue weighted by atomic mass is 10.0. The van der Waals surface area contributed by atoms with E-state index in [1.807, 2.05) is 42.5 Å². The summed E-state index contributed by atoms with van der Waals surface area (Å²) in [7, 11) is 0. The number of piperidine rings is 1. The second-order valence-electron chi connectivity index (χ2n) is 8.01. The standard InChI is InChI=1S/C24H29N3O3/c28-23(12-11-19-7-2-1-3-8-19)25-20-13-17-26(18-14-20)15-6-16-27-21-9-4-5-10-22(21)30-24(27)29/h1-5,7-10,20H,6,11-18H2,(H,25,28). The van der Waals surface area contributed by atoms with Gasteiger partial charge in [-0.1, -0.05) is 42.5 Å². The zero-order chi connectivity index (χ0) is 20.8. The topological polar surface area (TPSA) is 67.5 Å². The van der Waals surface area contributed by atoms with Gasteiger partial charge in [0, 0.05) is 32.1 Å². The van der Waals surface area contributed by atoms with Crippen LogP contribution in [-0.4, -0.2) is 41.1 Å². The molecule has 1 aliphatic rings. The number of nitrogens with zero attached hydrogens (tertiary/aromatic N) is 2. The molecule has 4 rings (SSSR count). The van der Waals surface area contributed by atoms with Gasteiger partial charge in [0.1, 0.15) is 0 Å². The fourth-order valence-electron chi connectivity index (χ4n) is 4.18. The van der Waals surface area contributed by atoms with Gasteiger partial charge in [-0.05, 0) is 49.9 Å². The molecule has 6 nitrogen and oxygen atoms in total. The van der Waals surface area contributed by atoms with Gasteiger partial charge >= 0.3 is 5.76 Å². The summed E-state index contributed by atoms with van der Waals surface area (Å²) in [6.45, 7) is 3.56. The van der Waals surface area contributed by atoms with Gasteiger partial charge in [-0.2, -0.15) is 0 Å². The van der Waals surface area contributed by atoms with E-state index in [2.05, 4.69) is 22.3 Å². The minimum Gasteiger partial charge on any atom is -0.408 e. The van der Waals surface area contributed by atoms with Gasteiger partial charge in [0.15, 0.2) is 5.58 Å². The van der Waals surface area contributed by atoms with Gasteiger partial charge in [-0.25, -0.2) is 4.79 Å². The SMILES string of the molecule is O=C(CCc1ccccc1)NC1CCN(CCCn2c(=O)oc3ccccc32)CC1. The number of likely N-dealkylation sites (tertiary alicyclic amines) is 1. The molecular weight excluding hydrogens is 378 g/mol. The van der Waals surface area contributed by atoms with Crippen LogP contribution in [0.3, 0.4) is 0 Å². The second-order valence-corrected chi connectivity index (χ2v) is 8.01. The van der Waals surface area contributed by atoms with Gasteiger partial charge in [0.25, 0.3) is 0 Å². The third-order valence-corrected chi connectivity index (χ3v) is 5.87. The Morgan fingerprint density at radius 1 is 1.00 bits per heavy atom. The highest BCUT2D eigenvalue weighted by Crippen LogP contribution is 2.14. The lowest BCUT2D eigenvalue weighted by molar-refractivity contribution is -0.122. The maximum Gasteiger partial charge on any atom is 0.419 e. The largest absolute Gasteiger partial charge is 0.419 e. The molecule has 2 heterocycles. The molecule has 0 saturated carbocycles. The van der Waals surface area contributed by atoms with Crippen LogP contribution in [0.2, 0.25) is 0 Å². The monoisotopic (exact) mass is 407 g/mol. The first kappa shape index (κ1) is 20.4. The number of hydrogen-bond acceptors (Lipinski definition) is 4. The minimum atomic E-state index is -0.284. The second kappa shape index (κ2) is 9.76. The number of oxazole rings is 1. The zero-order valence-electron chi connectivity index (χ0n) is 17.3. The van der Waals surface area contributed by atoms with Crippen molar-refractivity contribution < 1.29 is 9.21 Å². The molecule has 0 spiro atoms.